The number of aliphatic hydroxyl groups is 1. The zero-order chi connectivity index (χ0) is 21.4. The summed E-state index contributed by atoms with van der Waals surface area (Å²) >= 11 is 6.38. The van der Waals surface area contributed by atoms with Crippen LogP contribution < -0.4 is 9.47 Å². The van der Waals surface area contributed by atoms with Crippen molar-refractivity contribution in [3.05, 3.63) is 75.9 Å². The average molecular weight is 433 g/mol. The summed E-state index contributed by atoms with van der Waals surface area (Å²) in [7, 11) is 3.13. The SMILES string of the molecule is COc1ccc(CN2Cc3nc(-c4c(F)cccc4F)cc(Cl)c3C2O)c(OC)c1. The van der Waals surface area contributed by atoms with Gasteiger partial charge in [0.05, 0.1) is 36.2 Å². The lowest BCUT2D eigenvalue weighted by Crippen LogP contribution is -2.21. The number of benzene rings is 2. The number of aliphatic hydroxyl groups excluding tert-OH is 1. The van der Waals surface area contributed by atoms with Gasteiger partial charge in [-0.3, -0.25) is 9.88 Å². The number of hydrogen-bond donors (Lipinski definition) is 1. The van der Waals surface area contributed by atoms with E-state index in [2.05, 4.69) is 4.98 Å². The van der Waals surface area contributed by atoms with Crippen LogP contribution in [0.3, 0.4) is 0 Å². The second kappa shape index (κ2) is 8.18. The number of pyridine rings is 1. The highest BCUT2D eigenvalue weighted by molar-refractivity contribution is 6.31. The molecule has 1 N–H and O–H groups in total. The minimum atomic E-state index is -1.01. The third-order valence-electron chi connectivity index (χ3n) is 5.13. The van der Waals surface area contributed by atoms with Gasteiger partial charge in [0.1, 0.15) is 29.4 Å². The molecule has 0 saturated heterocycles. The van der Waals surface area contributed by atoms with Crippen LogP contribution in [0.2, 0.25) is 5.02 Å². The first kappa shape index (κ1) is 20.5. The molecular formula is C22H19ClF2N2O3. The van der Waals surface area contributed by atoms with Crippen LogP contribution in [-0.4, -0.2) is 29.2 Å². The lowest BCUT2D eigenvalue weighted by molar-refractivity contribution is 0.00723. The van der Waals surface area contributed by atoms with Gasteiger partial charge in [0.15, 0.2) is 0 Å². The van der Waals surface area contributed by atoms with E-state index < -0.39 is 17.9 Å². The fraction of sp³-hybridized carbons (Fsp3) is 0.227. The summed E-state index contributed by atoms with van der Waals surface area (Å²) in [5.74, 6) is -0.179. The van der Waals surface area contributed by atoms with Crippen molar-refractivity contribution >= 4 is 11.6 Å². The Kier molecular flexibility index (Phi) is 5.60. The molecule has 0 fully saturated rings. The molecule has 30 heavy (non-hydrogen) atoms. The smallest absolute Gasteiger partial charge is 0.137 e. The van der Waals surface area contributed by atoms with Gasteiger partial charge in [0.2, 0.25) is 0 Å². The number of hydrogen-bond acceptors (Lipinski definition) is 5. The number of methoxy groups -OCH3 is 2. The third-order valence-corrected chi connectivity index (χ3v) is 5.44. The van der Waals surface area contributed by atoms with Crippen LogP contribution in [0, 0.1) is 11.6 Å². The second-order valence-electron chi connectivity index (χ2n) is 6.90. The van der Waals surface area contributed by atoms with Crippen molar-refractivity contribution in [3.63, 3.8) is 0 Å². The number of halogens is 3. The Balaban J connectivity index is 1.67. The molecule has 1 atom stereocenters. The summed E-state index contributed by atoms with van der Waals surface area (Å²) in [5, 5.41) is 11.0. The fourth-order valence-corrected chi connectivity index (χ4v) is 3.95. The van der Waals surface area contributed by atoms with Crippen LogP contribution >= 0.6 is 11.6 Å². The number of ether oxygens (including phenoxy) is 2. The van der Waals surface area contributed by atoms with Crippen molar-refractivity contribution < 1.29 is 23.4 Å². The molecular weight excluding hydrogens is 414 g/mol. The van der Waals surface area contributed by atoms with Crippen LogP contribution in [-0.2, 0) is 13.1 Å². The van der Waals surface area contributed by atoms with Crippen molar-refractivity contribution in [3.8, 4) is 22.8 Å². The van der Waals surface area contributed by atoms with Gasteiger partial charge < -0.3 is 14.6 Å². The maximum atomic E-state index is 14.2. The maximum Gasteiger partial charge on any atom is 0.137 e. The van der Waals surface area contributed by atoms with Gasteiger partial charge in [0.25, 0.3) is 0 Å². The first-order chi connectivity index (χ1) is 14.4. The molecule has 0 spiro atoms. The Hall–Kier alpha value is -2.74. The lowest BCUT2D eigenvalue weighted by atomic mass is 10.1. The highest BCUT2D eigenvalue weighted by Gasteiger charge is 2.33. The predicted molar refractivity (Wildman–Crippen MR) is 108 cm³/mol. The number of aromatic nitrogens is 1. The highest BCUT2D eigenvalue weighted by atomic mass is 35.5. The zero-order valence-corrected chi connectivity index (χ0v) is 17.1. The minimum Gasteiger partial charge on any atom is -0.497 e. The van der Waals surface area contributed by atoms with Crippen LogP contribution in [0.4, 0.5) is 8.78 Å². The number of fused-ring (bicyclic) bond motifs is 1. The second-order valence-corrected chi connectivity index (χ2v) is 7.31. The Morgan fingerprint density at radius 3 is 2.53 bits per heavy atom. The van der Waals surface area contributed by atoms with Crippen molar-refractivity contribution in [2.24, 2.45) is 0 Å². The van der Waals surface area contributed by atoms with Crippen molar-refractivity contribution in [1.29, 1.82) is 0 Å². The fourth-order valence-electron chi connectivity index (χ4n) is 3.64. The summed E-state index contributed by atoms with van der Waals surface area (Å²) in [6, 6.07) is 10.4. The Bertz CT molecular complexity index is 1090. The summed E-state index contributed by atoms with van der Waals surface area (Å²) in [6.45, 7) is 0.611. The molecule has 1 aliphatic rings. The number of rotatable bonds is 5. The summed E-state index contributed by atoms with van der Waals surface area (Å²) < 4.78 is 39.0. The molecule has 4 rings (SSSR count). The molecule has 0 saturated carbocycles. The molecule has 2 aromatic carbocycles. The Morgan fingerprint density at radius 1 is 1.13 bits per heavy atom. The number of nitrogens with zero attached hydrogens (tertiary/aromatic N) is 2. The standard InChI is InChI=1S/C22H19ClF2N2O3/c1-29-13-7-6-12(19(8-13)30-2)10-27-11-18-20(22(27)28)14(23)9-17(26-18)21-15(24)4-3-5-16(21)25/h3-9,22,28H,10-11H2,1-2H3. The molecule has 5 nitrogen and oxygen atoms in total. The van der Waals surface area contributed by atoms with Gasteiger partial charge in [-0.2, -0.15) is 0 Å². The van der Waals surface area contributed by atoms with E-state index in [1.165, 1.54) is 24.3 Å². The molecule has 0 radical (unpaired) electrons. The van der Waals surface area contributed by atoms with Crippen LogP contribution in [0.1, 0.15) is 23.0 Å². The van der Waals surface area contributed by atoms with E-state index in [-0.39, 0.29) is 22.8 Å². The molecule has 0 bridgehead atoms. The van der Waals surface area contributed by atoms with Gasteiger partial charge in [-0.25, -0.2) is 8.78 Å². The summed E-state index contributed by atoms with van der Waals surface area (Å²) in [6.07, 6.45) is -1.01. The predicted octanol–water partition coefficient (Wildman–Crippen LogP) is 4.70. The summed E-state index contributed by atoms with van der Waals surface area (Å²) in [4.78, 5) is 6.15. The zero-order valence-electron chi connectivity index (χ0n) is 16.3. The van der Waals surface area contributed by atoms with E-state index in [9.17, 15) is 13.9 Å². The van der Waals surface area contributed by atoms with Crippen LogP contribution in [0.25, 0.3) is 11.3 Å². The first-order valence-corrected chi connectivity index (χ1v) is 9.57. The van der Waals surface area contributed by atoms with Gasteiger partial charge in [-0.1, -0.05) is 23.7 Å². The Labute approximate surface area is 177 Å². The Morgan fingerprint density at radius 2 is 1.87 bits per heavy atom. The van der Waals surface area contributed by atoms with E-state index in [1.807, 2.05) is 6.07 Å². The molecule has 1 aliphatic heterocycles. The van der Waals surface area contributed by atoms with Crippen LogP contribution in [0.15, 0.2) is 42.5 Å². The van der Waals surface area contributed by atoms with E-state index in [4.69, 9.17) is 21.1 Å². The molecule has 0 amide bonds. The maximum absolute atomic E-state index is 14.2. The largest absolute Gasteiger partial charge is 0.497 e. The molecule has 1 unspecified atom stereocenters. The normalized spacial score (nSPS) is 15.9. The van der Waals surface area contributed by atoms with Gasteiger partial charge in [-0.15, -0.1) is 0 Å². The molecule has 1 aromatic heterocycles. The van der Waals surface area contributed by atoms with Gasteiger partial charge in [0, 0.05) is 30.3 Å². The lowest BCUT2D eigenvalue weighted by Gasteiger charge is -2.21. The van der Waals surface area contributed by atoms with Crippen LogP contribution in [0.5, 0.6) is 11.5 Å². The third kappa shape index (κ3) is 3.60. The monoisotopic (exact) mass is 432 g/mol. The van der Waals surface area contributed by atoms with Gasteiger partial charge >= 0.3 is 0 Å². The van der Waals surface area contributed by atoms with Gasteiger partial charge in [-0.05, 0) is 24.3 Å². The van der Waals surface area contributed by atoms with Crippen molar-refractivity contribution in [2.75, 3.05) is 14.2 Å². The van der Waals surface area contributed by atoms with E-state index in [1.54, 1.807) is 31.3 Å². The average Bonchev–Trinajstić information content (AvgIpc) is 3.04. The van der Waals surface area contributed by atoms with E-state index in [0.29, 0.717) is 29.3 Å². The first-order valence-electron chi connectivity index (χ1n) is 9.19. The molecule has 3 aromatic rings. The highest BCUT2D eigenvalue weighted by Crippen LogP contribution is 2.40. The molecule has 0 aliphatic carbocycles. The van der Waals surface area contributed by atoms with Crippen molar-refractivity contribution in [2.45, 2.75) is 19.3 Å². The van der Waals surface area contributed by atoms with Crippen molar-refractivity contribution in [1.82, 2.24) is 9.88 Å². The minimum absolute atomic E-state index is 0.0884. The topological polar surface area (TPSA) is 54.8 Å². The quantitative estimate of drug-likeness (QED) is 0.633. The molecule has 2 heterocycles. The van der Waals surface area contributed by atoms with E-state index >= 15 is 0 Å². The summed E-state index contributed by atoms with van der Waals surface area (Å²) in [5.41, 5.74) is 1.59. The van der Waals surface area contributed by atoms with E-state index in [0.717, 1.165) is 5.56 Å². The molecule has 156 valence electrons. The molecule has 8 heteroatoms.